The summed E-state index contributed by atoms with van der Waals surface area (Å²) < 4.78 is 7.23. The Balaban J connectivity index is 2.48. The molecule has 0 aliphatic rings. The highest BCUT2D eigenvalue weighted by atomic mass is 35.5. The van der Waals surface area contributed by atoms with Gasteiger partial charge in [-0.15, -0.1) is 0 Å². The van der Waals surface area contributed by atoms with Crippen molar-refractivity contribution in [1.29, 1.82) is 0 Å². The van der Waals surface area contributed by atoms with Gasteiger partial charge in [-0.1, -0.05) is 17.7 Å². The van der Waals surface area contributed by atoms with E-state index in [9.17, 15) is 4.79 Å². The van der Waals surface area contributed by atoms with Gasteiger partial charge in [0.2, 0.25) is 0 Å². The lowest BCUT2D eigenvalue weighted by Crippen LogP contribution is -2.14. The second-order valence-corrected chi connectivity index (χ2v) is 6.20. The molecule has 0 aliphatic carbocycles. The van der Waals surface area contributed by atoms with Crippen molar-refractivity contribution in [3.8, 4) is 16.9 Å². The van der Waals surface area contributed by atoms with Crippen molar-refractivity contribution in [2.24, 2.45) is 12.8 Å². The van der Waals surface area contributed by atoms with E-state index >= 15 is 0 Å². The molecule has 0 spiro atoms. The normalized spacial score (nSPS) is 11.0. The van der Waals surface area contributed by atoms with Crippen LogP contribution in [0.5, 0.6) is 5.75 Å². The van der Waals surface area contributed by atoms with Crippen molar-refractivity contribution >= 4 is 28.5 Å². The summed E-state index contributed by atoms with van der Waals surface area (Å²) in [7, 11) is 3.47. The summed E-state index contributed by atoms with van der Waals surface area (Å²) >= 11 is 6.43. The van der Waals surface area contributed by atoms with Crippen molar-refractivity contribution in [3.63, 3.8) is 0 Å². The van der Waals surface area contributed by atoms with Crippen LogP contribution in [0.15, 0.2) is 24.4 Å². The molecule has 0 atom stereocenters. The second kappa shape index (κ2) is 5.83. The number of benzene rings is 1. The van der Waals surface area contributed by atoms with Crippen LogP contribution in [-0.4, -0.2) is 22.6 Å². The van der Waals surface area contributed by atoms with Gasteiger partial charge in [-0.05, 0) is 48.2 Å². The predicted molar refractivity (Wildman–Crippen MR) is 95.7 cm³/mol. The Morgan fingerprint density at radius 3 is 2.67 bits per heavy atom. The number of carbonyl (C=O) groups excluding carboxylic acids is 1. The topological polar surface area (TPSA) is 70.1 Å². The number of hydrogen-bond acceptors (Lipinski definition) is 3. The number of methoxy groups -OCH3 is 1. The summed E-state index contributed by atoms with van der Waals surface area (Å²) in [4.78, 5) is 16.1. The standard InChI is InChI=1S/C18H18ClN3O2/c1-9-5-6-14(24-4)10(2)15(9)11-7-13(17(20)23)21-18-16(11)12(19)8-22(18)3/h5-8H,1-4H3,(H2,20,23). The first-order chi connectivity index (χ1) is 11.3. The van der Waals surface area contributed by atoms with Gasteiger partial charge in [-0.2, -0.15) is 0 Å². The highest BCUT2D eigenvalue weighted by Gasteiger charge is 2.20. The van der Waals surface area contributed by atoms with Crippen LogP contribution in [0.2, 0.25) is 5.02 Å². The number of aryl methyl sites for hydroxylation is 2. The van der Waals surface area contributed by atoms with Crippen LogP contribution < -0.4 is 10.5 Å². The molecule has 0 aliphatic heterocycles. The van der Waals surface area contributed by atoms with E-state index in [1.54, 1.807) is 23.9 Å². The maximum absolute atomic E-state index is 11.7. The number of rotatable bonds is 3. The summed E-state index contributed by atoms with van der Waals surface area (Å²) in [6.07, 6.45) is 1.78. The molecular formula is C18H18ClN3O2. The van der Waals surface area contributed by atoms with Gasteiger partial charge < -0.3 is 15.0 Å². The van der Waals surface area contributed by atoms with Gasteiger partial charge in [0, 0.05) is 18.6 Å². The summed E-state index contributed by atoms with van der Waals surface area (Å²) in [6, 6.07) is 5.60. The van der Waals surface area contributed by atoms with Gasteiger partial charge >= 0.3 is 0 Å². The third-order valence-electron chi connectivity index (χ3n) is 4.25. The number of carbonyl (C=O) groups is 1. The molecule has 0 bridgehead atoms. The zero-order valence-corrected chi connectivity index (χ0v) is 14.7. The molecule has 24 heavy (non-hydrogen) atoms. The fourth-order valence-corrected chi connectivity index (χ4v) is 3.44. The molecule has 3 rings (SSSR count). The Labute approximate surface area is 145 Å². The van der Waals surface area contributed by atoms with Gasteiger partial charge in [-0.3, -0.25) is 4.79 Å². The second-order valence-electron chi connectivity index (χ2n) is 5.79. The third-order valence-corrected chi connectivity index (χ3v) is 4.53. The zero-order valence-electron chi connectivity index (χ0n) is 14.0. The average Bonchev–Trinajstić information content (AvgIpc) is 2.82. The highest BCUT2D eigenvalue weighted by Crippen LogP contribution is 2.40. The van der Waals surface area contributed by atoms with Gasteiger partial charge in [0.1, 0.15) is 17.1 Å². The molecule has 0 unspecified atom stereocenters. The first-order valence-corrected chi connectivity index (χ1v) is 7.83. The number of ether oxygens (including phenoxy) is 1. The number of fused-ring (bicyclic) bond motifs is 1. The highest BCUT2D eigenvalue weighted by molar-refractivity contribution is 6.36. The molecule has 2 heterocycles. The van der Waals surface area contributed by atoms with E-state index in [0.717, 1.165) is 33.4 Å². The molecule has 2 N–H and O–H groups in total. The number of hydrogen-bond donors (Lipinski definition) is 1. The number of nitrogens with zero attached hydrogens (tertiary/aromatic N) is 2. The Morgan fingerprint density at radius 2 is 2.04 bits per heavy atom. The monoisotopic (exact) mass is 343 g/mol. The molecular weight excluding hydrogens is 326 g/mol. The van der Waals surface area contributed by atoms with Crippen LogP contribution in [-0.2, 0) is 7.05 Å². The minimum absolute atomic E-state index is 0.206. The van der Waals surface area contributed by atoms with Gasteiger partial charge in [0.25, 0.3) is 5.91 Å². The number of halogens is 1. The molecule has 1 aromatic carbocycles. The van der Waals surface area contributed by atoms with Crippen LogP contribution in [0.25, 0.3) is 22.2 Å². The fourth-order valence-electron chi connectivity index (χ4n) is 3.10. The molecule has 5 nitrogen and oxygen atoms in total. The van der Waals surface area contributed by atoms with E-state index in [1.807, 2.05) is 33.0 Å². The number of primary amides is 1. The SMILES string of the molecule is COc1ccc(C)c(-c2cc(C(N)=O)nc3c2c(Cl)cn3C)c1C. The van der Waals surface area contributed by atoms with Crippen LogP contribution in [0.1, 0.15) is 21.6 Å². The van der Waals surface area contributed by atoms with Gasteiger partial charge in [-0.25, -0.2) is 4.98 Å². The van der Waals surface area contributed by atoms with Crippen molar-refractivity contribution in [2.45, 2.75) is 13.8 Å². The largest absolute Gasteiger partial charge is 0.496 e. The Bertz CT molecular complexity index is 976. The van der Waals surface area contributed by atoms with Crippen LogP contribution in [0.4, 0.5) is 0 Å². The molecule has 0 saturated carbocycles. The third kappa shape index (κ3) is 2.41. The molecule has 3 aromatic rings. The van der Waals surface area contributed by atoms with Crippen LogP contribution in [0, 0.1) is 13.8 Å². The fraction of sp³-hybridized carbons (Fsp3) is 0.222. The summed E-state index contributed by atoms with van der Waals surface area (Å²) in [5, 5.41) is 1.37. The molecule has 6 heteroatoms. The average molecular weight is 344 g/mol. The van der Waals surface area contributed by atoms with E-state index in [1.165, 1.54) is 0 Å². The summed E-state index contributed by atoms with van der Waals surface area (Å²) in [5.41, 5.74) is 10.1. The predicted octanol–water partition coefficient (Wildman–Crippen LogP) is 3.62. The number of nitrogens with two attached hydrogens (primary N) is 1. The maximum atomic E-state index is 11.7. The van der Waals surface area contributed by atoms with Crippen molar-refractivity contribution < 1.29 is 9.53 Å². The van der Waals surface area contributed by atoms with Crippen molar-refractivity contribution in [1.82, 2.24) is 9.55 Å². The van der Waals surface area contributed by atoms with Crippen LogP contribution in [0.3, 0.4) is 0 Å². The van der Waals surface area contributed by atoms with E-state index in [4.69, 9.17) is 22.1 Å². The molecule has 124 valence electrons. The van der Waals surface area contributed by atoms with E-state index in [2.05, 4.69) is 4.98 Å². The summed E-state index contributed by atoms with van der Waals surface area (Å²) in [5.74, 6) is 0.196. The Hall–Kier alpha value is -2.53. The van der Waals surface area contributed by atoms with E-state index < -0.39 is 5.91 Å². The molecule has 0 saturated heterocycles. The Kier molecular flexibility index (Phi) is 3.97. The Morgan fingerprint density at radius 1 is 1.33 bits per heavy atom. The van der Waals surface area contributed by atoms with E-state index in [0.29, 0.717) is 10.7 Å². The lowest BCUT2D eigenvalue weighted by atomic mass is 9.93. The van der Waals surface area contributed by atoms with Gasteiger partial charge in [0.05, 0.1) is 12.1 Å². The quantitative estimate of drug-likeness (QED) is 0.789. The van der Waals surface area contributed by atoms with Gasteiger partial charge in [0.15, 0.2) is 0 Å². The number of pyridine rings is 1. The lowest BCUT2D eigenvalue weighted by molar-refractivity contribution is 0.0996. The minimum atomic E-state index is -0.575. The lowest BCUT2D eigenvalue weighted by Gasteiger charge is -2.15. The minimum Gasteiger partial charge on any atom is -0.496 e. The van der Waals surface area contributed by atoms with E-state index in [-0.39, 0.29) is 5.69 Å². The molecule has 1 amide bonds. The smallest absolute Gasteiger partial charge is 0.267 e. The number of aromatic nitrogens is 2. The maximum Gasteiger partial charge on any atom is 0.267 e. The van der Waals surface area contributed by atoms with Crippen molar-refractivity contribution in [3.05, 3.63) is 46.2 Å². The first kappa shape index (κ1) is 16.3. The van der Waals surface area contributed by atoms with Crippen LogP contribution >= 0.6 is 11.6 Å². The number of amides is 1. The zero-order chi connectivity index (χ0) is 17.6. The molecule has 0 radical (unpaired) electrons. The molecule has 0 fully saturated rings. The first-order valence-electron chi connectivity index (χ1n) is 7.45. The molecule has 2 aromatic heterocycles. The summed E-state index contributed by atoms with van der Waals surface area (Å²) in [6.45, 7) is 3.99. The van der Waals surface area contributed by atoms with Crippen molar-refractivity contribution in [2.75, 3.05) is 7.11 Å².